The van der Waals surface area contributed by atoms with Crippen LogP contribution in [0.15, 0.2) is 22.8 Å². The lowest BCUT2D eigenvalue weighted by molar-refractivity contribution is 0.553. The fourth-order valence-corrected chi connectivity index (χ4v) is 0.873. The second-order valence-electron chi connectivity index (χ2n) is 2.64. The standard InChI is InChI=1S/C8H12N2O/c1-6(9)5-7(10)8-3-2-4-11-8/h2-4,6,10H,5,9H2,1H3. The molecule has 0 amide bonds. The highest BCUT2D eigenvalue weighted by atomic mass is 16.3. The lowest BCUT2D eigenvalue weighted by Gasteiger charge is -2.02. The average Bonchev–Trinajstić information content (AvgIpc) is 2.35. The van der Waals surface area contributed by atoms with E-state index in [1.807, 2.05) is 6.92 Å². The van der Waals surface area contributed by atoms with Crippen LogP contribution in [-0.4, -0.2) is 11.8 Å². The van der Waals surface area contributed by atoms with Gasteiger partial charge in [-0.15, -0.1) is 0 Å². The third kappa shape index (κ3) is 2.20. The number of hydrogen-bond acceptors (Lipinski definition) is 3. The maximum absolute atomic E-state index is 7.50. The topological polar surface area (TPSA) is 63.0 Å². The summed E-state index contributed by atoms with van der Waals surface area (Å²) in [4.78, 5) is 0. The van der Waals surface area contributed by atoms with E-state index >= 15 is 0 Å². The summed E-state index contributed by atoms with van der Waals surface area (Å²) in [6, 6.07) is 3.56. The quantitative estimate of drug-likeness (QED) is 0.643. The van der Waals surface area contributed by atoms with Crippen molar-refractivity contribution in [2.75, 3.05) is 0 Å². The van der Waals surface area contributed by atoms with Gasteiger partial charge in [0, 0.05) is 12.5 Å². The number of nitrogens with one attached hydrogen (secondary N) is 1. The smallest absolute Gasteiger partial charge is 0.147 e. The van der Waals surface area contributed by atoms with Crippen molar-refractivity contribution in [3.63, 3.8) is 0 Å². The van der Waals surface area contributed by atoms with Gasteiger partial charge >= 0.3 is 0 Å². The number of hydrogen-bond donors (Lipinski definition) is 2. The van der Waals surface area contributed by atoms with Crippen LogP contribution >= 0.6 is 0 Å². The molecule has 0 aromatic carbocycles. The predicted molar refractivity (Wildman–Crippen MR) is 43.8 cm³/mol. The summed E-state index contributed by atoms with van der Waals surface area (Å²) in [5.41, 5.74) is 5.98. The van der Waals surface area contributed by atoms with E-state index < -0.39 is 0 Å². The van der Waals surface area contributed by atoms with Gasteiger partial charge in [0.1, 0.15) is 5.76 Å². The molecule has 0 fully saturated rings. The molecule has 0 aliphatic heterocycles. The zero-order valence-electron chi connectivity index (χ0n) is 6.50. The van der Waals surface area contributed by atoms with Crippen molar-refractivity contribution in [2.45, 2.75) is 19.4 Å². The zero-order chi connectivity index (χ0) is 8.27. The van der Waals surface area contributed by atoms with Crippen LogP contribution in [0.25, 0.3) is 0 Å². The van der Waals surface area contributed by atoms with Crippen LogP contribution < -0.4 is 5.73 Å². The summed E-state index contributed by atoms with van der Waals surface area (Å²) in [5.74, 6) is 0.613. The summed E-state index contributed by atoms with van der Waals surface area (Å²) in [5, 5.41) is 7.50. The van der Waals surface area contributed by atoms with Crippen molar-refractivity contribution in [2.24, 2.45) is 5.73 Å². The molecule has 1 rings (SSSR count). The molecular formula is C8H12N2O. The second-order valence-corrected chi connectivity index (χ2v) is 2.64. The van der Waals surface area contributed by atoms with Crippen LogP contribution in [0.4, 0.5) is 0 Å². The van der Waals surface area contributed by atoms with E-state index in [1.165, 1.54) is 0 Å². The molecule has 0 radical (unpaired) electrons. The molecule has 3 heteroatoms. The van der Waals surface area contributed by atoms with E-state index in [9.17, 15) is 0 Å². The maximum atomic E-state index is 7.50. The lowest BCUT2D eigenvalue weighted by Crippen LogP contribution is -2.19. The van der Waals surface area contributed by atoms with Gasteiger partial charge < -0.3 is 15.6 Å². The summed E-state index contributed by atoms with van der Waals surface area (Å²) >= 11 is 0. The normalized spacial score (nSPS) is 12.9. The first-order valence-corrected chi connectivity index (χ1v) is 3.57. The van der Waals surface area contributed by atoms with Crippen molar-refractivity contribution < 1.29 is 4.42 Å². The van der Waals surface area contributed by atoms with Gasteiger partial charge in [0.15, 0.2) is 0 Å². The first-order chi connectivity index (χ1) is 5.20. The average molecular weight is 152 g/mol. The fraction of sp³-hybridized carbons (Fsp3) is 0.375. The Morgan fingerprint density at radius 1 is 1.82 bits per heavy atom. The maximum Gasteiger partial charge on any atom is 0.147 e. The Kier molecular flexibility index (Phi) is 2.44. The summed E-state index contributed by atoms with van der Waals surface area (Å²) in [6.07, 6.45) is 2.12. The first-order valence-electron chi connectivity index (χ1n) is 3.57. The number of nitrogens with two attached hydrogens (primary N) is 1. The number of rotatable bonds is 3. The molecule has 3 nitrogen and oxygen atoms in total. The van der Waals surface area contributed by atoms with E-state index in [4.69, 9.17) is 15.6 Å². The molecule has 3 N–H and O–H groups in total. The molecule has 1 aromatic rings. The van der Waals surface area contributed by atoms with Crippen molar-refractivity contribution in [3.8, 4) is 0 Å². The highest BCUT2D eigenvalue weighted by Gasteiger charge is 2.05. The molecule has 0 saturated heterocycles. The number of furan rings is 1. The molecule has 0 bridgehead atoms. The minimum atomic E-state index is 0.0209. The monoisotopic (exact) mass is 152 g/mol. The molecule has 0 saturated carbocycles. The molecule has 1 unspecified atom stereocenters. The lowest BCUT2D eigenvalue weighted by atomic mass is 10.1. The van der Waals surface area contributed by atoms with Gasteiger partial charge in [0.25, 0.3) is 0 Å². The van der Waals surface area contributed by atoms with Crippen molar-refractivity contribution in [1.82, 2.24) is 0 Å². The Labute approximate surface area is 65.7 Å². The first kappa shape index (κ1) is 8.01. The van der Waals surface area contributed by atoms with E-state index in [1.54, 1.807) is 18.4 Å². The third-order valence-corrected chi connectivity index (χ3v) is 1.34. The zero-order valence-corrected chi connectivity index (χ0v) is 6.50. The summed E-state index contributed by atoms with van der Waals surface area (Å²) in [7, 11) is 0. The molecule has 1 aromatic heterocycles. The minimum Gasteiger partial charge on any atom is -0.463 e. The Morgan fingerprint density at radius 3 is 3.00 bits per heavy atom. The van der Waals surface area contributed by atoms with Crippen molar-refractivity contribution >= 4 is 5.71 Å². The Bertz CT molecular complexity index is 226. The second kappa shape index (κ2) is 3.34. The van der Waals surface area contributed by atoms with Crippen LogP contribution in [0.1, 0.15) is 19.1 Å². The predicted octanol–water partition coefficient (Wildman–Crippen LogP) is 1.38. The van der Waals surface area contributed by atoms with Crippen LogP contribution in [0.2, 0.25) is 0 Å². The van der Waals surface area contributed by atoms with Crippen LogP contribution in [0, 0.1) is 5.41 Å². The van der Waals surface area contributed by atoms with Crippen LogP contribution in [0.3, 0.4) is 0 Å². The highest BCUT2D eigenvalue weighted by Crippen LogP contribution is 2.04. The van der Waals surface area contributed by atoms with Gasteiger partial charge in [-0.1, -0.05) is 0 Å². The minimum absolute atomic E-state index is 0.0209. The summed E-state index contributed by atoms with van der Waals surface area (Å²) in [6.45, 7) is 1.87. The van der Waals surface area contributed by atoms with E-state index in [0.717, 1.165) is 0 Å². The van der Waals surface area contributed by atoms with Gasteiger partial charge in [-0.25, -0.2) is 0 Å². The van der Waals surface area contributed by atoms with E-state index in [2.05, 4.69) is 0 Å². The fourth-order valence-electron chi connectivity index (χ4n) is 0.873. The molecule has 0 aliphatic rings. The molecule has 1 heterocycles. The van der Waals surface area contributed by atoms with Crippen molar-refractivity contribution in [3.05, 3.63) is 24.2 Å². The van der Waals surface area contributed by atoms with Crippen molar-refractivity contribution in [1.29, 1.82) is 5.41 Å². The van der Waals surface area contributed by atoms with Crippen LogP contribution in [0.5, 0.6) is 0 Å². The van der Waals surface area contributed by atoms with Crippen LogP contribution in [-0.2, 0) is 0 Å². The molecule has 1 atom stereocenters. The van der Waals surface area contributed by atoms with Gasteiger partial charge in [-0.05, 0) is 19.1 Å². The largest absolute Gasteiger partial charge is 0.463 e. The van der Waals surface area contributed by atoms with E-state index in [0.29, 0.717) is 17.9 Å². The van der Waals surface area contributed by atoms with Gasteiger partial charge in [-0.3, -0.25) is 0 Å². The molecule has 0 spiro atoms. The van der Waals surface area contributed by atoms with E-state index in [-0.39, 0.29) is 6.04 Å². The SMILES string of the molecule is CC(N)CC(=N)c1ccco1. The highest BCUT2D eigenvalue weighted by molar-refractivity contribution is 5.95. The summed E-state index contributed by atoms with van der Waals surface area (Å²) < 4.78 is 5.02. The molecular weight excluding hydrogens is 140 g/mol. The Hall–Kier alpha value is -1.09. The molecule has 0 aliphatic carbocycles. The Morgan fingerprint density at radius 2 is 2.55 bits per heavy atom. The van der Waals surface area contributed by atoms with Gasteiger partial charge in [0.05, 0.1) is 12.0 Å². The molecule has 60 valence electrons. The molecule has 11 heavy (non-hydrogen) atoms. The van der Waals surface area contributed by atoms with Gasteiger partial charge in [0.2, 0.25) is 0 Å². The Balaban J connectivity index is 2.57. The van der Waals surface area contributed by atoms with Gasteiger partial charge in [-0.2, -0.15) is 0 Å². The third-order valence-electron chi connectivity index (χ3n) is 1.34.